The van der Waals surface area contributed by atoms with Crippen molar-refractivity contribution in [2.45, 2.75) is 56.6 Å². The van der Waals surface area contributed by atoms with Crippen LogP contribution in [-0.4, -0.2) is 22.8 Å². The molecule has 0 bridgehead atoms. The van der Waals surface area contributed by atoms with Crippen LogP contribution in [0.2, 0.25) is 0 Å². The Balaban J connectivity index is 1.99. The van der Waals surface area contributed by atoms with E-state index in [1.807, 2.05) is 31.2 Å². The van der Waals surface area contributed by atoms with Crippen molar-refractivity contribution in [3.8, 4) is 0 Å². The molecule has 5 nitrogen and oxygen atoms in total. The fraction of sp³-hybridized carbons (Fsp3) is 0.348. The highest BCUT2D eigenvalue weighted by molar-refractivity contribution is 8.00. The van der Waals surface area contributed by atoms with Crippen LogP contribution < -0.4 is 10.6 Å². The smallest absolute Gasteiger partial charge is 0.237 e. The van der Waals surface area contributed by atoms with E-state index in [0.29, 0.717) is 24.1 Å². The second-order valence-electron chi connectivity index (χ2n) is 6.82. The zero-order valence-corrected chi connectivity index (χ0v) is 18.0. The fourth-order valence-corrected chi connectivity index (χ4v) is 3.72. The quantitative estimate of drug-likeness (QED) is 0.397. The Kier molecular flexibility index (Phi) is 8.93. The van der Waals surface area contributed by atoms with Gasteiger partial charge in [0.05, 0.1) is 5.25 Å². The van der Waals surface area contributed by atoms with Crippen LogP contribution >= 0.6 is 11.8 Å². The number of rotatable bonds is 10. The zero-order chi connectivity index (χ0) is 21.2. The maximum absolute atomic E-state index is 12.7. The standard InChI is InChI=1S/C23H28N2O3S/c1-4-6-10-22(27)24-19-8-7-9-20(15-19)29-21(5-2)23(28)25-18-13-11-17(12-14-18)16(3)26/h7-9,11-15,21H,4-6,10H2,1-3H3,(H,24,27)(H,25,28). The van der Waals surface area contributed by atoms with E-state index in [2.05, 4.69) is 17.6 Å². The molecule has 2 aromatic rings. The highest BCUT2D eigenvalue weighted by atomic mass is 32.2. The molecule has 0 fully saturated rings. The number of unbranched alkanes of at least 4 members (excludes halogenated alkanes) is 1. The van der Waals surface area contributed by atoms with Gasteiger partial charge in [0, 0.05) is 28.3 Å². The molecule has 2 rings (SSSR count). The van der Waals surface area contributed by atoms with Crippen molar-refractivity contribution >= 4 is 40.7 Å². The van der Waals surface area contributed by atoms with Gasteiger partial charge in [-0.05, 0) is 62.2 Å². The first kappa shape index (κ1) is 22.7. The van der Waals surface area contributed by atoms with Crippen LogP contribution in [0.5, 0.6) is 0 Å². The number of nitrogens with one attached hydrogen (secondary N) is 2. The Morgan fingerprint density at radius 1 is 0.966 bits per heavy atom. The van der Waals surface area contributed by atoms with Crippen LogP contribution in [0.25, 0.3) is 0 Å². The first-order valence-electron chi connectivity index (χ1n) is 9.91. The summed E-state index contributed by atoms with van der Waals surface area (Å²) in [5.74, 6) is -0.0928. The SMILES string of the molecule is CCCCC(=O)Nc1cccc(SC(CC)C(=O)Nc2ccc(C(C)=O)cc2)c1. The molecular weight excluding hydrogens is 384 g/mol. The lowest BCUT2D eigenvalue weighted by Gasteiger charge is -2.15. The Bertz CT molecular complexity index is 849. The maximum Gasteiger partial charge on any atom is 0.237 e. The lowest BCUT2D eigenvalue weighted by molar-refractivity contribution is -0.116. The van der Waals surface area contributed by atoms with Gasteiger partial charge in [0.1, 0.15) is 0 Å². The molecule has 6 heteroatoms. The van der Waals surface area contributed by atoms with E-state index in [4.69, 9.17) is 0 Å². The number of anilines is 2. The summed E-state index contributed by atoms with van der Waals surface area (Å²) in [5.41, 5.74) is 2.02. The van der Waals surface area contributed by atoms with Crippen LogP contribution in [0, 0.1) is 0 Å². The molecule has 0 aliphatic heterocycles. The number of amides is 2. The van der Waals surface area contributed by atoms with Gasteiger partial charge >= 0.3 is 0 Å². The number of hydrogen-bond acceptors (Lipinski definition) is 4. The first-order valence-corrected chi connectivity index (χ1v) is 10.8. The van der Waals surface area contributed by atoms with Gasteiger partial charge in [0.2, 0.25) is 11.8 Å². The number of ketones is 1. The monoisotopic (exact) mass is 412 g/mol. The van der Waals surface area contributed by atoms with Gasteiger partial charge in [0.25, 0.3) is 0 Å². The largest absolute Gasteiger partial charge is 0.326 e. The first-order chi connectivity index (χ1) is 13.9. The van der Waals surface area contributed by atoms with Crippen LogP contribution in [0.15, 0.2) is 53.4 Å². The number of hydrogen-bond donors (Lipinski definition) is 2. The minimum atomic E-state index is -0.270. The van der Waals surface area contributed by atoms with Crippen LogP contribution in [-0.2, 0) is 9.59 Å². The molecule has 0 heterocycles. The van der Waals surface area contributed by atoms with Gasteiger partial charge in [0.15, 0.2) is 5.78 Å². The van der Waals surface area contributed by atoms with E-state index in [-0.39, 0.29) is 22.8 Å². The fourth-order valence-electron chi connectivity index (χ4n) is 2.71. The summed E-state index contributed by atoms with van der Waals surface area (Å²) in [5, 5.41) is 5.55. The maximum atomic E-state index is 12.7. The van der Waals surface area contributed by atoms with Gasteiger partial charge in [-0.2, -0.15) is 0 Å². The van der Waals surface area contributed by atoms with Gasteiger partial charge in [-0.1, -0.05) is 26.3 Å². The number of Topliss-reactive ketones (excluding diaryl/α,β-unsaturated/α-hetero) is 1. The second kappa shape index (κ2) is 11.4. The van der Waals surface area contributed by atoms with E-state index in [0.717, 1.165) is 23.4 Å². The predicted octanol–water partition coefficient (Wildman–Crippen LogP) is 5.53. The molecule has 1 atom stereocenters. The molecule has 0 radical (unpaired) electrons. The molecule has 2 amide bonds. The normalized spacial score (nSPS) is 11.6. The van der Waals surface area contributed by atoms with Gasteiger partial charge in [-0.15, -0.1) is 11.8 Å². The molecule has 0 spiro atoms. The summed E-state index contributed by atoms with van der Waals surface area (Å²) in [4.78, 5) is 36.9. The minimum Gasteiger partial charge on any atom is -0.326 e. The molecule has 0 aromatic heterocycles. The summed E-state index contributed by atoms with van der Waals surface area (Å²) in [6.45, 7) is 5.53. The lowest BCUT2D eigenvalue weighted by Crippen LogP contribution is -2.24. The summed E-state index contributed by atoms with van der Waals surface area (Å²) >= 11 is 1.47. The average Bonchev–Trinajstić information content (AvgIpc) is 2.71. The highest BCUT2D eigenvalue weighted by Crippen LogP contribution is 2.28. The third-order valence-electron chi connectivity index (χ3n) is 4.38. The van der Waals surface area contributed by atoms with Crippen molar-refractivity contribution in [2.75, 3.05) is 10.6 Å². The summed E-state index contributed by atoms with van der Waals surface area (Å²) in [6.07, 6.45) is 3.02. The van der Waals surface area contributed by atoms with E-state index in [1.54, 1.807) is 24.3 Å². The van der Waals surface area contributed by atoms with E-state index < -0.39 is 0 Å². The molecule has 0 aliphatic carbocycles. The van der Waals surface area contributed by atoms with Crippen molar-refractivity contribution in [1.82, 2.24) is 0 Å². The molecule has 2 N–H and O–H groups in total. The molecule has 0 aliphatic rings. The molecule has 0 saturated carbocycles. The molecule has 29 heavy (non-hydrogen) atoms. The molecule has 0 saturated heterocycles. The zero-order valence-electron chi connectivity index (χ0n) is 17.2. The molecular formula is C23H28N2O3S. The second-order valence-corrected chi connectivity index (χ2v) is 8.09. The van der Waals surface area contributed by atoms with Gasteiger partial charge in [-0.25, -0.2) is 0 Å². The highest BCUT2D eigenvalue weighted by Gasteiger charge is 2.18. The number of carbonyl (C=O) groups is 3. The van der Waals surface area contributed by atoms with E-state index in [9.17, 15) is 14.4 Å². The molecule has 1 unspecified atom stereocenters. The van der Waals surface area contributed by atoms with Crippen molar-refractivity contribution < 1.29 is 14.4 Å². The summed E-state index contributed by atoms with van der Waals surface area (Å²) in [6, 6.07) is 14.4. The van der Waals surface area contributed by atoms with Crippen molar-refractivity contribution in [1.29, 1.82) is 0 Å². The van der Waals surface area contributed by atoms with Gasteiger partial charge in [-0.3, -0.25) is 14.4 Å². The lowest BCUT2D eigenvalue weighted by atomic mass is 10.1. The van der Waals surface area contributed by atoms with Gasteiger partial charge < -0.3 is 10.6 Å². The summed E-state index contributed by atoms with van der Waals surface area (Å²) in [7, 11) is 0. The van der Waals surface area contributed by atoms with Crippen molar-refractivity contribution in [3.05, 3.63) is 54.1 Å². The Morgan fingerprint density at radius 2 is 1.69 bits per heavy atom. The number of benzene rings is 2. The Morgan fingerprint density at radius 3 is 2.31 bits per heavy atom. The van der Waals surface area contributed by atoms with Crippen molar-refractivity contribution in [3.63, 3.8) is 0 Å². The summed E-state index contributed by atoms with van der Waals surface area (Å²) < 4.78 is 0. The number of thioether (sulfide) groups is 1. The van der Waals surface area contributed by atoms with E-state index >= 15 is 0 Å². The average molecular weight is 413 g/mol. The van der Waals surface area contributed by atoms with Crippen LogP contribution in [0.4, 0.5) is 11.4 Å². The van der Waals surface area contributed by atoms with Crippen molar-refractivity contribution in [2.24, 2.45) is 0 Å². The Labute approximate surface area is 176 Å². The minimum absolute atomic E-state index is 0.00722. The number of carbonyl (C=O) groups excluding carboxylic acids is 3. The predicted molar refractivity (Wildman–Crippen MR) is 120 cm³/mol. The van der Waals surface area contributed by atoms with E-state index in [1.165, 1.54) is 18.7 Å². The Hall–Kier alpha value is -2.60. The van der Waals surface area contributed by atoms with Crippen LogP contribution in [0.1, 0.15) is 56.8 Å². The van der Waals surface area contributed by atoms with Crippen LogP contribution in [0.3, 0.4) is 0 Å². The molecule has 154 valence electrons. The topological polar surface area (TPSA) is 75.3 Å². The third-order valence-corrected chi connectivity index (χ3v) is 5.73. The molecule has 2 aromatic carbocycles. The third kappa shape index (κ3) is 7.38.